The van der Waals surface area contributed by atoms with Gasteiger partial charge >= 0.3 is 6.55 Å². The number of piperidine rings is 1. The molecule has 0 spiro atoms. The van der Waals surface area contributed by atoms with Crippen molar-refractivity contribution in [2.24, 2.45) is 11.7 Å². The van der Waals surface area contributed by atoms with Crippen molar-refractivity contribution in [2.75, 3.05) is 17.7 Å². The number of methoxy groups -OCH3 is 1. The first-order valence-electron chi connectivity index (χ1n) is 14.6. The summed E-state index contributed by atoms with van der Waals surface area (Å²) < 4.78 is 61.6. The van der Waals surface area contributed by atoms with Crippen LogP contribution in [0.15, 0.2) is 42.1 Å². The summed E-state index contributed by atoms with van der Waals surface area (Å²) in [5, 5.41) is 0.664. The number of hydrogen-bond acceptors (Lipinski definition) is 7. The van der Waals surface area contributed by atoms with Gasteiger partial charge in [0.05, 0.1) is 30.8 Å². The lowest BCUT2D eigenvalue weighted by molar-refractivity contribution is 0.0709. The van der Waals surface area contributed by atoms with Crippen molar-refractivity contribution in [3.8, 4) is 17.3 Å². The third kappa shape index (κ3) is 4.62. The lowest BCUT2D eigenvalue weighted by Crippen LogP contribution is -2.50. The maximum Gasteiger partial charge on any atom is 0.329 e. The van der Waals surface area contributed by atoms with Crippen molar-refractivity contribution < 1.29 is 26.7 Å². The quantitative estimate of drug-likeness (QED) is 0.290. The number of hydrogen-bond donors (Lipinski definition) is 1. The molecule has 3 aliphatic rings. The zero-order valence-corrected chi connectivity index (χ0v) is 25.4. The molecule has 14 heteroatoms. The fourth-order valence-corrected chi connectivity index (χ4v) is 7.31. The Balaban J connectivity index is 1.36. The standard InChI is InChI=1S/C30H33F2N7O4S/c1-16-27(23-12-18-6-11-24(39(30(31)32)44(3,41)42)35-28(18)36(23)15-17-4-5-17)34-25-13-19(14-26(43-2)37(16)25)29(40)38-20-7-9-21(33)22(38)10-8-20/h6,8,11-14,17,21-22,30H,4-5,7,9-10,15,33H2,1-3H3/t21-,22-/m1/s1. The van der Waals surface area contributed by atoms with Crippen molar-refractivity contribution in [3.05, 3.63) is 53.4 Å². The Bertz CT molecular complexity index is 1960. The van der Waals surface area contributed by atoms with E-state index in [1.54, 1.807) is 18.2 Å². The first-order chi connectivity index (χ1) is 21.0. The summed E-state index contributed by atoms with van der Waals surface area (Å²) in [4.78, 5) is 25.0. The molecule has 1 saturated heterocycles. The number of ether oxygens (including phenoxy) is 1. The van der Waals surface area contributed by atoms with E-state index < -0.39 is 16.6 Å². The van der Waals surface area contributed by atoms with E-state index in [4.69, 9.17) is 15.5 Å². The molecule has 6 heterocycles. The molecule has 2 atom stereocenters. The van der Waals surface area contributed by atoms with Gasteiger partial charge in [-0.1, -0.05) is 6.08 Å². The monoisotopic (exact) mass is 625 g/mol. The van der Waals surface area contributed by atoms with Gasteiger partial charge in [0.15, 0.2) is 5.88 Å². The number of fused-ring (bicyclic) bond motifs is 4. The fourth-order valence-electron chi connectivity index (χ4n) is 6.58. The van der Waals surface area contributed by atoms with Gasteiger partial charge < -0.3 is 19.9 Å². The van der Waals surface area contributed by atoms with E-state index in [-0.39, 0.29) is 28.1 Å². The lowest BCUT2D eigenvalue weighted by Gasteiger charge is -2.36. The van der Waals surface area contributed by atoms with Crippen LogP contribution in [0.1, 0.15) is 48.2 Å². The summed E-state index contributed by atoms with van der Waals surface area (Å²) in [5.74, 6) is 0.323. The molecule has 0 unspecified atom stereocenters. The number of rotatable bonds is 8. The molecule has 1 amide bonds. The SMILES string of the molecule is COc1cc(C(=O)N2C3=CC[C@@H]2[C@H](N)CC3)cc2nc(-c3cc4ccc(N(C(F)F)S(C)(=O)=O)nc4n3CC3CC3)c(C)n12. The van der Waals surface area contributed by atoms with Gasteiger partial charge in [-0.15, -0.1) is 0 Å². The number of allylic oxidation sites excluding steroid dienone is 1. The second kappa shape index (κ2) is 10.3. The highest BCUT2D eigenvalue weighted by molar-refractivity contribution is 7.92. The number of sulfonamides is 1. The molecule has 7 rings (SSSR count). The van der Waals surface area contributed by atoms with E-state index in [1.165, 1.54) is 13.2 Å². The number of nitrogens with zero attached hydrogens (tertiary/aromatic N) is 6. The summed E-state index contributed by atoms with van der Waals surface area (Å²) in [5.41, 5.74) is 10.8. The molecule has 0 aromatic carbocycles. The number of alkyl halides is 2. The van der Waals surface area contributed by atoms with Gasteiger partial charge in [0, 0.05) is 35.3 Å². The molecule has 4 aromatic heterocycles. The van der Waals surface area contributed by atoms with E-state index in [0.29, 0.717) is 52.0 Å². The normalized spacial score (nSPS) is 20.2. The Morgan fingerprint density at radius 1 is 1.18 bits per heavy atom. The molecular formula is C30H33F2N7O4S. The zero-order chi connectivity index (χ0) is 31.1. The van der Waals surface area contributed by atoms with Crippen molar-refractivity contribution >= 4 is 38.4 Å². The van der Waals surface area contributed by atoms with E-state index >= 15 is 0 Å². The molecule has 4 aromatic rings. The first-order valence-corrected chi connectivity index (χ1v) is 16.4. The maximum atomic E-state index is 13.8. The molecule has 2 aliphatic heterocycles. The summed E-state index contributed by atoms with van der Waals surface area (Å²) in [6.07, 6.45) is 7.22. The van der Waals surface area contributed by atoms with Gasteiger partial charge in [-0.05, 0) is 69.2 Å². The van der Waals surface area contributed by atoms with Crippen molar-refractivity contribution in [3.63, 3.8) is 0 Å². The van der Waals surface area contributed by atoms with E-state index in [9.17, 15) is 22.0 Å². The molecule has 2 bridgehead atoms. The molecule has 0 radical (unpaired) electrons. The largest absolute Gasteiger partial charge is 0.482 e. The van der Waals surface area contributed by atoms with Crippen LogP contribution in [0.5, 0.6) is 5.88 Å². The number of carbonyl (C=O) groups excluding carboxylic acids is 1. The molecule has 44 heavy (non-hydrogen) atoms. The van der Waals surface area contributed by atoms with Gasteiger partial charge in [0.2, 0.25) is 10.0 Å². The minimum atomic E-state index is -4.27. The highest BCUT2D eigenvalue weighted by atomic mass is 32.2. The number of amides is 1. The Morgan fingerprint density at radius 2 is 1.95 bits per heavy atom. The molecular weight excluding hydrogens is 592 g/mol. The van der Waals surface area contributed by atoms with E-state index in [2.05, 4.69) is 11.1 Å². The molecule has 2 N–H and O–H groups in total. The van der Waals surface area contributed by atoms with E-state index in [0.717, 1.165) is 49.8 Å². The molecule has 232 valence electrons. The summed E-state index contributed by atoms with van der Waals surface area (Å²) in [6.45, 7) is -0.810. The number of halogens is 2. The number of aromatic nitrogens is 4. The fraction of sp³-hybridized carbons (Fsp3) is 0.433. The minimum Gasteiger partial charge on any atom is -0.482 e. The van der Waals surface area contributed by atoms with Gasteiger partial charge in [-0.2, -0.15) is 13.1 Å². The number of anilines is 1. The van der Waals surface area contributed by atoms with Gasteiger partial charge in [0.1, 0.15) is 22.8 Å². The predicted octanol–water partition coefficient (Wildman–Crippen LogP) is 4.29. The van der Waals surface area contributed by atoms with Crippen molar-refractivity contribution in [1.29, 1.82) is 0 Å². The second-order valence-electron chi connectivity index (χ2n) is 11.9. The topological polar surface area (TPSA) is 128 Å². The lowest BCUT2D eigenvalue weighted by atomic mass is 9.97. The van der Waals surface area contributed by atoms with Gasteiger partial charge in [-0.25, -0.2) is 18.4 Å². The molecule has 1 saturated carbocycles. The maximum absolute atomic E-state index is 13.8. The van der Waals surface area contributed by atoms with Gasteiger partial charge in [-0.3, -0.25) is 9.20 Å². The molecule has 11 nitrogen and oxygen atoms in total. The Hall–Kier alpha value is -4.04. The predicted molar refractivity (Wildman–Crippen MR) is 161 cm³/mol. The third-order valence-electron chi connectivity index (χ3n) is 8.93. The highest BCUT2D eigenvalue weighted by Gasteiger charge is 2.39. The van der Waals surface area contributed by atoms with Crippen molar-refractivity contribution in [1.82, 2.24) is 23.8 Å². The highest BCUT2D eigenvalue weighted by Crippen LogP contribution is 2.39. The Kier molecular flexibility index (Phi) is 6.70. The number of imidazole rings is 1. The summed E-state index contributed by atoms with van der Waals surface area (Å²) in [7, 11) is -2.73. The zero-order valence-electron chi connectivity index (χ0n) is 24.6. The second-order valence-corrected chi connectivity index (χ2v) is 13.8. The van der Waals surface area contributed by atoms with Gasteiger partial charge in [0.25, 0.3) is 5.91 Å². The first kappa shape index (κ1) is 28.7. The number of aryl methyl sites for hydroxylation is 1. The van der Waals surface area contributed by atoms with Crippen molar-refractivity contribution in [2.45, 2.75) is 64.2 Å². The van der Waals surface area contributed by atoms with Crippen LogP contribution in [0.4, 0.5) is 14.6 Å². The third-order valence-corrected chi connectivity index (χ3v) is 9.99. The minimum absolute atomic E-state index is 0.0254. The number of carbonyl (C=O) groups is 1. The average molecular weight is 626 g/mol. The Labute approximate surface area is 253 Å². The Morgan fingerprint density at radius 3 is 2.64 bits per heavy atom. The van der Waals surface area contributed by atoms with Crippen LogP contribution in [0.2, 0.25) is 0 Å². The van der Waals surface area contributed by atoms with Crippen LogP contribution in [0.3, 0.4) is 0 Å². The van der Waals surface area contributed by atoms with E-state index in [1.807, 2.05) is 26.9 Å². The average Bonchev–Trinajstić information content (AvgIpc) is 3.52. The van der Waals surface area contributed by atoms with Crippen LogP contribution in [-0.2, 0) is 16.6 Å². The summed E-state index contributed by atoms with van der Waals surface area (Å²) >= 11 is 0. The number of pyridine rings is 2. The van der Waals surface area contributed by atoms with Crippen LogP contribution in [0, 0.1) is 12.8 Å². The number of nitrogens with two attached hydrogens (primary N) is 1. The smallest absolute Gasteiger partial charge is 0.329 e. The molecule has 2 fully saturated rings. The van der Waals surface area contributed by atoms with Crippen LogP contribution in [-0.4, -0.2) is 70.2 Å². The summed E-state index contributed by atoms with van der Waals surface area (Å²) in [6, 6.07) is 8.08. The molecule has 1 aliphatic carbocycles. The van der Waals surface area contributed by atoms with Crippen LogP contribution >= 0.6 is 0 Å². The van der Waals surface area contributed by atoms with Crippen LogP contribution in [0.25, 0.3) is 28.1 Å². The van der Waals surface area contributed by atoms with Crippen LogP contribution < -0.4 is 14.8 Å².